The normalized spacial score (nSPS) is 14.6. The minimum Gasteiger partial charge on any atom is -0.339 e. The van der Waals surface area contributed by atoms with Crippen molar-refractivity contribution in [1.82, 2.24) is 24.8 Å². The van der Waals surface area contributed by atoms with Crippen LogP contribution in [0, 0.1) is 0 Å². The van der Waals surface area contributed by atoms with E-state index in [1.54, 1.807) is 30.6 Å². The number of carbonyl (C=O) groups excluding carboxylic acids is 1. The number of anilines is 1. The van der Waals surface area contributed by atoms with E-state index in [0.29, 0.717) is 36.8 Å². The molecule has 0 radical (unpaired) electrons. The summed E-state index contributed by atoms with van der Waals surface area (Å²) < 4.78 is 0. The van der Waals surface area contributed by atoms with Crippen molar-refractivity contribution in [3.05, 3.63) is 71.0 Å². The van der Waals surface area contributed by atoms with E-state index in [9.17, 15) is 9.59 Å². The quantitative estimate of drug-likeness (QED) is 0.746. The summed E-state index contributed by atoms with van der Waals surface area (Å²) in [5.41, 5.74) is 1.79. The molecule has 1 aliphatic heterocycles. The van der Waals surface area contributed by atoms with E-state index in [0.717, 1.165) is 18.5 Å². The van der Waals surface area contributed by atoms with Crippen LogP contribution in [-0.2, 0) is 0 Å². The number of aromatic nitrogens is 4. The first-order chi connectivity index (χ1) is 13.7. The van der Waals surface area contributed by atoms with Crippen molar-refractivity contribution >= 4 is 11.9 Å². The maximum atomic E-state index is 12.9. The van der Waals surface area contributed by atoms with Crippen LogP contribution in [0.1, 0.15) is 16.8 Å². The average molecular weight is 376 g/mol. The summed E-state index contributed by atoms with van der Waals surface area (Å²) in [4.78, 5) is 43.6. The van der Waals surface area contributed by atoms with Gasteiger partial charge in [-0.3, -0.25) is 9.59 Å². The minimum absolute atomic E-state index is 0.00116. The molecule has 3 heterocycles. The number of rotatable bonds is 3. The van der Waals surface area contributed by atoms with Crippen molar-refractivity contribution in [2.24, 2.45) is 0 Å². The van der Waals surface area contributed by atoms with Gasteiger partial charge in [-0.1, -0.05) is 12.1 Å². The number of benzene rings is 1. The molecule has 1 N–H and O–H groups in total. The van der Waals surface area contributed by atoms with Crippen molar-refractivity contribution in [1.29, 1.82) is 0 Å². The van der Waals surface area contributed by atoms with Crippen molar-refractivity contribution in [3.63, 3.8) is 0 Å². The summed E-state index contributed by atoms with van der Waals surface area (Å²) in [5, 5.41) is 0. The summed E-state index contributed by atoms with van der Waals surface area (Å²) in [6, 6.07) is 10.4. The maximum absolute atomic E-state index is 12.9. The summed E-state index contributed by atoms with van der Waals surface area (Å²) in [6.45, 7) is 2.83. The van der Waals surface area contributed by atoms with E-state index >= 15 is 0 Å². The lowest BCUT2D eigenvalue weighted by Gasteiger charge is -2.22. The summed E-state index contributed by atoms with van der Waals surface area (Å²) in [6.07, 6.45) is 5.69. The molecule has 8 nitrogen and oxygen atoms in total. The van der Waals surface area contributed by atoms with Crippen LogP contribution in [0.25, 0.3) is 11.3 Å². The van der Waals surface area contributed by atoms with Gasteiger partial charge in [0.25, 0.3) is 11.5 Å². The van der Waals surface area contributed by atoms with Crippen LogP contribution in [0.15, 0.2) is 59.9 Å². The molecule has 0 saturated carbocycles. The summed E-state index contributed by atoms with van der Waals surface area (Å²) >= 11 is 0. The van der Waals surface area contributed by atoms with E-state index in [4.69, 9.17) is 0 Å². The molecule has 3 aromatic rings. The first-order valence-electron chi connectivity index (χ1n) is 9.17. The second kappa shape index (κ2) is 7.99. The largest absolute Gasteiger partial charge is 0.339 e. The van der Waals surface area contributed by atoms with Crippen LogP contribution in [0.4, 0.5) is 5.95 Å². The summed E-state index contributed by atoms with van der Waals surface area (Å²) in [7, 11) is 0. The molecule has 1 aliphatic rings. The molecule has 1 fully saturated rings. The van der Waals surface area contributed by atoms with Crippen LogP contribution < -0.4 is 10.5 Å². The highest BCUT2D eigenvalue weighted by atomic mass is 16.2. The third kappa shape index (κ3) is 3.90. The van der Waals surface area contributed by atoms with E-state index < -0.39 is 0 Å². The number of nitrogens with one attached hydrogen (secondary N) is 1. The zero-order valence-electron chi connectivity index (χ0n) is 15.3. The Morgan fingerprint density at radius 2 is 1.75 bits per heavy atom. The maximum Gasteiger partial charge on any atom is 0.253 e. The molecule has 0 spiro atoms. The molecule has 1 amide bonds. The van der Waals surface area contributed by atoms with Gasteiger partial charge in [0.1, 0.15) is 0 Å². The number of hydrogen-bond donors (Lipinski definition) is 1. The molecule has 2 aromatic heterocycles. The molecule has 4 rings (SSSR count). The van der Waals surface area contributed by atoms with Crippen molar-refractivity contribution in [2.45, 2.75) is 6.42 Å². The molecule has 8 heteroatoms. The highest BCUT2D eigenvalue weighted by molar-refractivity contribution is 5.94. The lowest BCUT2D eigenvalue weighted by Crippen LogP contribution is -2.35. The molecule has 28 heavy (non-hydrogen) atoms. The van der Waals surface area contributed by atoms with Gasteiger partial charge in [0.15, 0.2) is 0 Å². The third-order valence-electron chi connectivity index (χ3n) is 4.72. The third-order valence-corrected chi connectivity index (χ3v) is 4.72. The van der Waals surface area contributed by atoms with E-state index in [2.05, 4.69) is 24.8 Å². The number of hydrogen-bond acceptors (Lipinski definition) is 6. The van der Waals surface area contributed by atoms with Crippen LogP contribution in [0.5, 0.6) is 0 Å². The fourth-order valence-electron chi connectivity index (χ4n) is 3.27. The SMILES string of the molecule is O=C(c1ccc(-c2cc(=O)[nH]cn2)cc1)N1CCCN(c2ncccn2)CC1. The second-order valence-electron chi connectivity index (χ2n) is 6.56. The predicted octanol–water partition coefficient (Wildman–Crippen LogP) is 1.58. The van der Waals surface area contributed by atoms with Gasteiger partial charge >= 0.3 is 0 Å². The number of aromatic amines is 1. The second-order valence-corrected chi connectivity index (χ2v) is 6.56. The molecule has 142 valence electrons. The standard InChI is InChI=1S/C20H20N6O2/c27-18-13-17(23-14-24-18)15-3-5-16(6-4-15)19(28)25-9-2-10-26(12-11-25)20-21-7-1-8-22-20/h1,3-8,13-14H,2,9-12H2,(H,23,24,27). The smallest absolute Gasteiger partial charge is 0.253 e. The highest BCUT2D eigenvalue weighted by Crippen LogP contribution is 2.18. The van der Waals surface area contributed by atoms with E-state index in [-0.39, 0.29) is 11.5 Å². The van der Waals surface area contributed by atoms with Gasteiger partial charge in [0.2, 0.25) is 5.95 Å². The first-order valence-corrected chi connectivity index (χ1v) is 9.17. The highest BCUT2D eigenvalue weighted by Gasteiger charge is 2.21. The Morgan fingerprint density at radius 3 is 2.50 bits per heavy atom. The fourth-order valence-corrected chi connectivity index (χ4v) is 3.27. The predicted molar refractivity (Wildman–Crippen MR) is 105 cm³/mol. The minimum atomic E-state index is -0.207. The molecular weight excluding hydrogens is 356 g/mol. The average Bonchev–Trinajstić information content (AvgIpc) is 3.00. The van der Waals surface area contributed by atoms with Crippen molar-refractivity contribution < 1.29 is 4.79 Å². The Kier molecular flexibility index (Phi) is 5.09. The van der Waals surface area contributed by atoms with Crippen LogP contribution in [0.3, 0.4) is 0 Å². The fraction of sp³-hybridized carbons (Fsp3) is 0.250. The van der Waals surface area contributed by atoms with Crippen molar-refractivity contribution in [2.75, 3.05) is 31.1 Å². The monoisotopic (exact) mass is 376 g/mol. The lowest BCUT2D eigenvalue weighted by molar-refractivity contribution is 0.0767. The molecular formula is C20H20N6O2. The molecule has 0 aliphatic carbocycles. The molecule has 0 unspecified atom stereocenters. The van der Waals surface area contributed by atoms with Crippen LogP contribution in [0.2, 0.25) is 0 Å². The van der Waals surface area contributed by atoms with Gasteiger partial charge in [-0.25, -0.2) is 15.0 Å². The Labute approximate surface area is 161 Å². The molecule has 1 aromatic carbocycles. The van der Waals surface area contributed by atoms with Gasteiger partial charge in [0, 0.05) is 55.8 Å². The van der Waals surface area contributed by atoms with Crippen LogP contribution >= 0.6 is 0 Å². The Balaban J connectivity index is 1.45. The molecule has 0 atom stereocenters. The number of nitrogens with zero attached hydrogens (tertiary/aromatic N) is 5. The van der Waals surface area contributed by atoms with Crippen LogP contribution in [-0.4, -0.2) is 56.9 Å². The van der Waals surface area contributed by atoms with Crippen molar-refractivity contribution in [3.8, 4) is 11.3 Å². The Bertz CT molecular complexity index is 1000. The molecule has 0 bridgehead atoms. The lowest BCUT2D eigenvalue weighted by atomic mass is 10.1. The van der Waals surface area contributed by atoms with Gasteiger partial charge < -0.3 is 14.8 Å². The Morgan fingerprint density at radius 1 is 0.964 bits per heavy atom. The number of carbonyl (C=O) groups is 1. The first kappa shape index (κ1) is 17.8. The number of amides is 1. The number of H-pyrrole nitrogens is 1. The van der Waals surface area contributed by atoms with Gasteiger partial charge in [-0.15, -0.1) is 0 Å². The van der Waals surface area contributed by atoms with Gasteiger partial charge in [-0.05, 0) is 24.6 Å². The summed E-state index contributed by atoms with van der Waals surface area (Å²) in [5.74, 6) is 0.702. The van der Waals surface area contributed by atoms with E-state index in [1.807, 2.05) is 17.0 Å². The topological polar surface area (TPSA) is 95.1 Å². The van der Waals surface area contributed by atoms with Gasteiger partial charge in [0.05, 0.1) is 12.0 Å². The Hall–Kier alpha value is -3.55. The van der Waals surface area contributed by atoms with Gasteiger partial charge in [-0.2, -0.15) is 0 Å². The zero-order chi connectivity index (χ0) is 19.3. The molecule has 1 saturated heterocycles. The zero-order valence-corrected chi connectivity index (χ0v) is 15.3. The van der Waals surface area contributed by atoms with E-state index in [1.165, 1.54) is 12.4 Å².